The molecule has 2 aromatic carbocycles. The summed E-state index contributed by atoms with van der Waals surface area (Å²) in [6.07, 6.45) is 3.20. The summed E-state index contributed by atoms with van der Waals surface area (Å²) < 4.78 is 30.2. The number of alkyl carbamates (subject to hydrolysis) is 1. The van der Waals surface area contributed by atoms with E-state index < -0.39 is 16.1 Å². The van der Waals surface area contributed by atoms with Crippen LogP contribution in [0.1, 0.15) is 16.7 Å². The molecule has 3 aromatic rings. The van der Waals surface area contributed by atoms with Crippen LogP contribution in [0.5, 0.6) is 0 Å². The predicted molar refractivity (Wildman–Crippen MR) is 108 cm³/mol. The number of aromatic nitrogens is 1. The van der Waals surface area contributed by atoms with Gasteiger partial charge in [0.2, 0.25) is 10.0 Å². The molecule has 0 radical (unpaired) electrons. The van der Waals surface area contributed by atoms with Crippen LogP contribution in [0.2, 0.25) is 0 Å². The zero-order chi connectivity index (χ0) is 20.0. The molecule has 0 unspecified atom stereocenters. The topological polar surface area (TPSA) is 100 Å². The van der Waals surface area contributed by atoms with Gasteiger partial charge in [0.1, 0.15) is 6.61 Å². The molecule has 0 spiro atoms. The Labute approximate surface area is 164 Å². The number of ether oxygens (including phenoxy) is 1. The van der Waals surface area contributed by atoms with Crippen molar-refractivity contribution in [1.82, 2.24) is 15.0 Å². The van der Waals surface area contributed by atoms with Gasteiger partial charge in [-0.3, -0.25) is 0 Å². The van der Waals surface area contributed by atoms with E-state index >= 15 is 0 Å². The molecule has 0 atom stereocenters. The first-order chi connectivity index (χ1) is 13.4. The number of sulfonamides is 1. The number of rotatable bonds is 8. The van der Waals surface area contributed by atoms with Crippen molar-refractivity contribution < 1.29 is 17.9 Å². The van der Waals surface area contributed by atoms with Crippen LogP contribution in [-0.2, 0) is 34.3 Å². The van der Waals surface area contributed by atoms with E-state index in [0.717, 1.165) is 33.8 Å². The van der Waals surface area contributed by atoms with Crippen molar-refractivity contribution in [2.45, 2.75) is 19.6 Å². The van der Waals surface area contributed by atoms with Crippen molar-refractivity contribution in [3.8, 4) is 0 Å². The minimum atomic E-state index is -3.24. The first-order valence-electron chi connectivity index (χ1n) is 8.89. The van der Waals surface area contributed by atoms with Gasteiger partial charge in [0, 0.05) is 30.2 Å². The third-order valence-corrected chi connectivity index (χ3v) is 4.92. The van der Waals surface area contributed by atoms with Crippen LogP contribution in [0.25, 0.3) is 10.9 Å². The maximum Gasteiger partial charge on any atom is 0.407 e. The molecule has 8 heteroatoms. The van der Waals surface area contributed by atoms with Gasteiger partial charge in [0.25, 0.3) is 0 Å². The van der Waals surface area contributed by atoms with Crippen LogP contribution in [0.4, 0.5) is 4.79 Å². The van der Waals surface area contributed by atoms with Gasteiger partial charge in [-0.2, -0.15) is 0 Å². The van der Waals surface area contributed by atoms with Crippen molar-refractivity contribution >= 4 is 27.0 Å². The minimum Gasteiger partial charge on any atom is -0.445 e. The summed E-state index contributed by atoms with van der Waals surface area (Å²) in [5, 5.41) is 3.76. The Morgan fingerprint density at radius 1 is 1.11 bits per heavy atom. The van der Waals surface area contributed by atoms with E-state index in [0.29, 0.717) is 13.0 Å². The molecule has 0 fully saturated rings. The molecule has 1 aromatic heterocycles. The molecule has 0 aliphatic carbocycles. The Balaban J connectivity index is 1.53. The summed E-state index contributed by atoms with van der Waals surface area (Å²) in [5.74, 6) is 0. The SMILES string of the molecule is CS(=O)(=O)NCc1ccc2[nH]cc(CCNC(=O)OCc3ccccc3)c2c1. The molecule has 1 heterocycles. The first-order valence-corrected chi connectivity index (χ1v) is 10.8. The average molecular weight is 401 g/mol. The summed E-state index contributed by atoms with van der Waals surface area (Å²) >= 11 is 0. The molecule has 0 bridgehead atoms. The maximum atomic E-state index is 11.8. The third kappa shape index (κ3) is 5.83. The molecule has 7 nitrogen and oxygen atoms in total. The lowest BCUT2D eigenvalue weighted by Crippen LogP contribution is -2.26. The van der Waals surface area contributed by atoms with Crippen LogP contribution in [0.3, 0.4) is 0 Å². The molecular weight excluding hydrogens is 378 g/mol. The van der Waals surface area contributed by atoms with E-state index in [2.05, 4.69) is 15.0 Å². The maximum absolute atomic E-state index is 11.8. The smallest absolute Gasteiger partial charge is 0.407 e. The van der Waals surface area contributed by atoms with Crippen molar-refractivity contribution in [2.24, 2.45) is 0 Å². The zero-order valence-electron chi connectivity index (χ0n) is 15.6. The first kappa shape index (κ1) is 19.9. The molecular formula is C20H23N3O4S. The highest BCUT2D eigenvalue weighted by atomic mass is 32.2. The Morgan fingerprint density at radius 2 is 1.89 bits per heavy atom. The summed E-state index contributed by atoms with van der Waals surface area (Å²) in [6.45, 7) is 0.909. The standard InChI is InChI=1S/C20H23N3O4S/c1-28(25,26)23-12-16-7-8-19-18(11-16)17(13-22-19)9-10-21-20(24)27-14-15-5-3-2-4-6-15/h2-8,11,13,22-23H,9-10,12,14H2,1H3,(H,21,24). The lowest BCUT2D eigenvalue weighted by Gasteiger charge is -2.07. The van der Waals surface area contributed by atoms with Crippen LogP contribution in [-0.4, -0.2) is 32.3 Å². The van der Waals surface area contributed by atoms with Gasteiger partial charge < -0.3 is 15.0 Å². The Kier molecular flexibility index (Phi) is 6.33. The second-order valence-electron chi connectivity index (χ2n) is 6.53. The van der Waals surface area contributed by atoms with Crippen LogP contribution >= 0.6 is 0 Å². The Morgan fingerprint density at radius 3 is 2.64 bits per heavy atom. The highest BCUT2D eigenvalue weighted by Crippen LogP contribution is 2.20. The third-order valence-electron chi connectivity index (χ3n) is 4.25. The number of H-pyrrole nitrogens is 1. The van der Waals surface area contributed by atoms with Crippen LogP contribution in [0, 0.1) is 0 Å². The van der Waals surface area contributed by atoms with E-state index in [1.807, 2.05) is 54.7 Å². The lowest BCUT2D eigenvalue weighted by molar-refractivity contribution is 0.140. The Bertz CT molecular complexity index is 1050. The summed E-state index contributed by atoms with van der Waals surface area (Å²) in [7, 11) is -3.24. The predicted octanol–water partition coefficient (Wildman–Crippen LogP) is 2.69. The number of fused-ring (bicyclic) bond motifs is 1. The monoisotopic (exact) mass is 401 g/mol. The lowest BCUT2D eigenvalue weighted by atomic mass is 10.1. The van der Waals surface area contributed by atoms with Gasteiger partial charge in [0.05, 0.1) is 6.26 Å². The van der Waals surface area contributed by atoms with Gasteiger partial charge in [-0.25, -0.2) is 17.9 Å². The van der Waals surface area contributed by atoms with Gasteiger partial charge >= 0.3 is 6.09 Å². The van der Waals surface area contributed by atoms with Crippen molar-refractivity contribution in [3.63, 3.8) is 0 Å². The van der Waals surface area contributed by atoms with E-state index in [9.17, 15) is 13.2 Å². The number of nitrogens with one attached hydrogen (secondary N) is 3. The van der Waals surface area contributed by atoms with E-state index in [4.69, 9.17) is 4.74 Å². The highest BCUT2D eigenvalue weighted by molar-refractivity contribution is 7.88. The molecule has 0 aliphatic heterocycles. The van der Waals surface area contributed by atoms with E-state index in [-0.39, 0.29) is 13.2 Å². The fraction of sp³-hybridized carbons (Fsp3) is 0.250. The second-order valence-corrected chi connectivity index (χ2v) is 8.36. The second kappa shape index (κ2) is 8.90. The van der Waals surface area contributed by atoms with Crippen LogP contribution in [0.15, 0.2) is 54.7 Å². The summed E-state index contributed by atoms with van der Waals surface area (Å²) in [5.41, 5.74) is 3.81. The number of hydrogen-bond acceptors (Lipinski definition) is 4. The quantitative estimate of drug-likeness (QED) is 0.540. The zero-order valence-corrected chi connectivity index (χ0v) is 16.4. The summed E-state index contributed by atoms with van der Waals surface area (Å²) in [4.78, 5) is 15.0. The number of hydrogen-bond donors (Lipinski definition) is 3. The largest absolute Gasteiger partial charge is 0.445 e. The molecule has 1 amide bonds. The average Bonchev–Trinajstić information content (AvgIpc) is 3.07. The van der Waals surface area contributed by atoms with Gasteiger partial charge in [-0.15, -0.1) is 0 Å². The normalized spacial score (nSPS) is 11.5. The van der Waals surface area contributed by atoms with Crippen molar-refractivity contribution in [3.05, 3.63) is 71.4 Å². The van der Waals surface area contributed by atoms with Crippen molar-refractivity contribution in [2.75, 3.05) is 12.8 Å². The van der Waals surface area contributed by atoms with Crippen molar-refractivity contribution in [1.29, 1.82) is 0 Å². The Hall–Kier alpha value is -2.84. The van der Waals surface area contributed by atoms with E-state index in [1.54, 1.807) is 0 Å². The highest BCUT2D eigenvalue weighted by Gasteiger charge is 2.08. The molecule has 148 valence electrons. The number of amides is 1. The number of carbonyl (C=O) groups is 1. The van der Waals surface area contributed by atoms with Gasteiger partial charge in [-0.1, -0.05) is 36.4 Å². The number of aromatic amines is 1. The molecule has 0 saturated carbocycles. The molecule has 3 N–H and O–H groups in total. The minimum absolute atomic E-state index is 0.233. The van der Waals surface area contributed by atoms with Crippen LogP contribution < -0.4 is 10.0 Å². The fourth-order valence-electron chi connectivity index (χ4n) is 2.83. The number of benzene rings is 2. The molecule has 0 aliphatic rings. The van der Waals surface area contributed by atoms with Gasteiger partial charge in [-0.05, 0) is 35.2 Å². The molecule has 0 saturated heterocycles. The molecule has 28 heavy (non-hydrogen) atoms. The molecule has 3 rings (SSSR count). The van der Waals surface area contributed by atoms with E-state index in [1.165, 1.54) is 0 Å². The van der Waals surface area contributed by atoms with Gasteiger partial charge in [0.15, 0.2) is 0 Å². The summed E-state index contributed by atoms with van der Waals surface area (Å²) in [6, 6.07) is 15.2. The number of carbonyl (C=O) groups excluding carboxylic acids is 1. The fourth-order valence-corrected chi connectivity index (χ4v) is 3.26.